The zero-order chi connectivity index (χ0) is 10.6. The van der Waals surface area contributed by atoms with Gasteiger partial charge in [0.25, 0.3) is 0 Å². The molecule has 0 bridgehead atoms. The lowest BCUT2D eigenvalue weighted by Crippen LogP contribution is -2.35. The largest absolute Gasteiger partial charge is 0.495 e. The smallest absolute Gasteiger partial charge is 0.142 e. The molecule has 0 saturated carbocycles. The Labute approximate surface area is 84.6 Å². The summed E-state index contributed by atoms with van der Waals surface area (Å²) in [5.41, 5.74) is 4.84. The van der Waals surface area contributed by atoms with Crippen molar-refractivity contribution in [2.45, 2.75) is 6.92 Å². The maximum Gasteiger partial charge on any atom is 0.142 e. The van der Waals surface area contributed by atoms with Crippen LogP contribution in [-0.4, -0.2) is 20.8 Å². The van der Waals surface area contributed by atoms with E-state index in [1.54, 1.807) is 7.11 Å². The second-order valence-corrected chi connectivity index (χ2v) is 3.24. The molecule has 0 atom stereocenters. The van der Waals surface area contributed by atoms with Gasteiger partial charge < -0.3 is 9.64 Å². The lowest BCUT2D eigenvalue weighted by molar-refractivity contribution is 0.414. The number of hydrogen-bond acceptors (Lipinski definition) is 4. The molecule has 0 unspecified atom stereocenters. The molecule has 1 aromatic carbocycles. The molecule has 78 valence electrons. The molecule has 0 aliphatic rings. The van der Waals surface area contributed by atoms with Gasteiger partial charge in [0, 0.05) is 7.05 Å². The average molecular weight is 195 g/mol. The van der Waals surface area contributed by atoms with Crippen LogP contribution in [0.2, 0.25) is 0 Å². The van der Waals surface area contributed by atoms with Crippen molar-refractivity contribution in [3.05, 3.63) is 23.8 Å². The minimum Gasteiger partial charge on any atom is -0.495 e. The molecule has 14 heavy (non-hydrogen) atoms. The highest BCUT2D eigenvalue weighted by molar-refractivity contribution is 5.59. The Hall–Kier alpha value is -1.26. The van der Waals surface area contributed by atoms with Gasteiger partial charge in [0.2, 0.25) is 0 Å². The van der Waals surface area contributed by atoms with Crippen molar-refractivity contribution in [1.29, 1.82) is 0 Å². The van der Waals surface area contributed by atoms with Crippen LogP contribution in [0.5, 0.6) is 5.75 Å². The number of benzene rings is 1. The normalized spacial score (nSPS) is 10.0. The molecule has 0 heterocycles. The highest BCUT2D eigenvalue weighted by Gasteiger charge is 2.06. The molecule has 1 aromatic rings. The molecule has 4 heteroatoms. The number of nitrogens with zero attached hydrogens (tertiary/aromatic N) is 1. The van der Waals surface area contributed by atoms with Gasteiger partial charge in [-0.1, -0.05) is 6.07 Å². The molecule has 0 saturated heterocycles. The predicted molar refractivity (Wildman–Crippen MR) is 58.3 cm³/mol. The minimum atomic E-state index is 0.583. The summed E-state index contributed by atoms with van der Waals surface area (Å²) in [7, 11) is 3.62. The van der Waals surface area contributed by atoms with Crippen LogP contribution < -0.4 is 20.9 Å². The van der Waals surface area contributed by atoms with Crippen molar-refractivity contribution in [3.8, 4) is 5.75 Å². The highest BCUT2D eigenvalue weighted by atomic mass is 16.5. The highest BCUT2D eigenvalue weighted by Crippen LogP contribution is 2.27. The Bertz CT molecular complexity index is 301. The second-order valence-electron chi connectivity index (χ2n) is 3.24. The number of methoxy groups -OCH3 is 1. The number of nitrogens with one attached hydrogen (secondary N) is 1. The molecule has 1 rings (SSSR count). The molecule has 3 N–H and O–H groups in total. The van der Waals surface area contributed by atoms with Crippen LogP contribution in [0.15, 0.2) is 18.2 Å². The lowest BCUT2D eigenvalue weighted by atomic mass is 10.2. The summed E-state index contributed by atoms with van der Waals surface area (Å²) in [5.74, 6) is 6.12. The molecule has 0 aliphatic heterocycles. The molecule has 4 nitrogen and oxygen atoms in total. The summed E-state index contributed by atoms with van der Waals surface area (Å²) in [5, 5.41) is 0. The van der Waals surface area contributed by atoms with Crippen LogP contribution in [0.3, 0.4) is 0 Å². The van der Waals surface area contributed by atoms with Gasteiger partial charge in [-0.3, -0.25) is 5.84 Å². The van der Waals surface area contributed by atoms with E-state index in [9.17, 15) is 0 Å². The van der Waals surface area contributed by atoms with Gasteiger partial charge in [-0.15, -0.1) is 0 Å². The monoisotopic (exact) mass is 195 g/mol. The van der Waals surface area contributed by atoms with Gasteiger partial charge in [0.15, 0.2) is 0 Å². The lowest BCUT2D eigenvalue weighted by Gasteiger charge is -2.21. The van der Waals surface area contributed by atoms with E-state index in [0.29, 0.717) is 6.67 Å². The van der Waals surface area contributed by atoms with Gasteiger partial charge in [-0.05, 0) is 24.6 Å². The molecule has 0 aromatic heterocycles. The van der Waals surface area contributed by atoms with E-state index in [2.05, 4.69) is 11.5 Å². The Balaban J connectivity index is 2.97. The third kappa shape index (κ3) is 2.37. The number of hydrazine groups is 1. The third-order valence-electron chi connectivity index (χ3n) is 2.07. The topological polar surface area (TPSA) is 50.5 Å². The first kappa shape index (κ1) is 10.8. The van der Waals surface area contributed by atoms with Crippen molar-refractivity contribution in [2.24, 2.45) is 5.84 Å². The van der Waals surface area contributed by atoms with E-state index < -0.39 is 0 Å². The molecular weight excluding hydrogens is 178 g/mol. The summed E-state index contributed by atoms with van der Waals surface area (Å²) in [6.45, 7) is 2.63. The van der Waals surface area contributed by atoms with Gasteiger partial charge in [-0.2, -0.15) is 0 Å². The number of aryl methyl sites for hydroxylation is 1. The minimum absolute atomic E-state index is 0.583. The molecule has 0 radical (unpaired) electrons. The first-order valence-electron chi connectivity index (χ1n) is 4.48. The van der Waals surface area contributed by atoms with E-state index in [-0.39, 0.29) is 0 Å². The van der Waals surface area contributed by atoms with Gasteiger partial charge in [0.05, 0.1) is 19.5 Å². The van der Waals surface area contributed by atoms with Crippen LogP contribution in [-0.2, 0) is 0 Å². The van der Waals surface area contributed by atoms with Crippen molar-refractivity contribution in [3.63, 3.8) is 0 Å². The molecular formula is C10H17N3O. The summed E-state index contributed by atoms with van der Waals surface area (Å²) in [4.78, 5) is 1.99. The Morgan fingerprint density at radius 1 is 1.50 bits per heavy atom. The second kappa shape index (κ2) is 4.83. The number of ether oxygens (including phenoxy) is 1. The van der Waals surface area contributed by atoms with E-state index in [4.69, 9.17) is 10.6 Å². The molecule has 0 amide bonds. The number of rotatable bonds is 4. The van der Waals surface area contributed by atoms with E-state index in [0.717, 1.165) is 11.4 Å². The van der Waals surface area contributed by atoms with Crippen molar-refractivity contribution in [2.75, 3.05) is 25.7 Å². The number of nitrogens with two attached hydrogens (primary N) is 1. The fraction of sp³-hybridized carbons (Fsp3) is 0.400. The summed E-state index contributed by atoms with van der Waals surface area (Å²) in [6.07, 6.45) is 0. The Morgan fingerprint density at radius 3 is 2.79 bits per heavy atom. The SMILES string of the molecule is COc1ccc(C)cc1N(C)CNN. The van der Waals surface area contributed by atoms with Crippen LogP contribution in [0.4, 0.5) is 5.69 Å². The average Bonchev–Trinajstić information content (AvgIpc) is 2.18. The summed E-state index contributed by atoms with van der Waals surface area (Å²) < 4.78 is 5.26. The van der Waals surface area contributed by atoms with Crippen molar-refractivity contribution >= 4 is 5.69 Å². The third-order valence-corrected chi connectivity index (χ3v) is 2.07. The van der Waals surface area contributed by atoms with Crippen LogP contribution in [0.1, 0.15) is 5.56 Å². The van der Waals surface area contributed by atoms with Gasteiger partial charge in [0.1, 0.15) is 5.75 Å². The van der Waals surface area contributed by atoms with Gasteiger partial charge in [-0.25, -0.2) is 5.43 Å². The summed E-state index contributed by atoms with van der Waals surface area (Å²) in [6, 6.07) is 6.04. The molecule has 0 aliphatic carbocycles. The van der Waals surface area contributed by atoms with Gasteiger partial charge >= 0.3 is 0 Å². The number of anilines is 1. The maximum absolute atomic E-state index is 5.26. The Morgan fingerprint density at radius 2 is 2.21 bits per heavy atom. The quantitative estimate of drug-likeness (QED) is 0.425. The zero-order valence-electron chi connectivity index (χ0n) is 8.87. The van der Waals surface area contributed by atoms with Crippen molar-refractivity contribution in [1.82, 2.24) is 5.43 Å². The fourth-order valence-corrected chi connectivity index (χ4v) is 1.32. The van der Waals surface area contributed by atoms with E-state index >= 15 is 0 Å². The number of hydrogen-bond donors (Lipinski definition) is 2. The maximum atomic E-state index is 5.26. The Kier molecular flexibility index (Phi) is 3.73. The summed E-state index contributed by atoms with van der Waals surface area (Å²) >= 11 is 0. The van der Waals surface area contributed by atoms with Crippen LogP contribution >= 0.6 is 0 Å². The molecule has 0 spiro atoms. The van der Waals surface area contributed by atoms with Crippen LogP contribution in [0.25, 0.3) is 0 Å². The predicted octanol–water partition coefficient (Wildman–Crippen LogP) is 0.861. The first-order chi connectivity index (χ1) is 6.69. The van der Waals surface area contributed by atoms with E-state index in [1.807, 2.05) is 31.0 Å². The van der Waals surface area contributed by atoms with Crippen LogP contribution in [0, 0.1) is 6.92 Å². The van der Waals surface area contributed by atoms with Crippen molar-refractivity contribution < 1.29 is 4.74 Å². The standard InChI is InChI=1S/C10H17N3O/c1-8-4-5-10(14-3)9(6-8)13(2)7-12-11/h4-6,12H,7,11H2,1-3H3. The molecule has 0 fully saturated rings. The zero-order valence-corrected chi connectivity index (χ0v) is 8.87. The first-order valence-corrected chi connectivity index (χ1v) is 4.48. The van der Waals surface area contributed by atoms with E-state index in [1.165, 1.54) is 5.56 Å². The fourth-order valence-electron chi connectivity index (χ4n) is 1.32.